The van der Waals surface area contributed by atoms with Gasteiger partial charge in [-0.2, -0.15) is 0 Å². The number of nitrogens with one attached hydrogen (secondary N) is 2. The lowest BCUT2D eigenvalue weighted by atomic mass is 10.1. The normalized spacial score (nSPS) is 18.0. The highest BCUT2D eigenvalue weighted by atomic mass is 32.1. The Labute approximate surface area is 117 Å². The predicted octanol–water partition coefficient (Wildman–Crippen LogP) is 2.03. The molecule has 2 rings (SSSR count). The molecule has 1 aromatic rings. The van der Waals surface area contributed by atoms with E-state index in [2.05, 4.69) is 22.5 Å². The van der Waals surface area contributed by atoms with E-state index in [1.54, 1.807) is 11.3 Å². The molecule has 5 nitrogen and oxygen atoms in total. The third-order valence-corrected chi connectivity index (χ3v) is 4.38. The zero-order valence-corrected chi connectivity index (χ0v) is 12.3. The molecule has 1 atom stereocenters. The van der Waals surface area contributed by atoms with E-state index in [4.69, 9.17) is 4.74 Å². The van der Waals surface area contributed by atoms with Crippen molar-refractivity contribution < 1.29 is 9.53 Å². The highest BCUT2D eigenvalue weighted by Gasteiger charge is 2.16. The fourth-order valence-electron chi connectivity index (χ4n) is 2.01. The van der Waals surface area contributed by atoms with E-state index >= 15 is 0 Å². The zero-order valence-electron chi connectivity index (χ0n) is 11.4. The van der Waals surface area contributed by atoms with Crippen molar-refractivity contribution in [2.45, 2.75) is 38.6 Å². The van der Waals surface area contributed by atoms with Gasteiger partial charge in [0, 0.05) is 42.8 Å². The number of ether oxygens (including phenoxy) is 1. The summed E-state index contributed by atoms with van der Waals surface area (Å²) in [6.07, 6.45) is 1.79. The maximum Gasteiger partial charge on any atom is 0.315 e. The van der Waals surface area contributed by atoms with Crippen LogP contribution in [0.25, 0.3) is 0 Å². The SMILES string of the molecule is Cc1csc([C@H](C)CNC(=O)NC2CCOCC2)n1. The lowest BCUT2D eigenvalue weighted by molar-refractivity contribution is 0.0801. The summed E-state index contributed by atoms with van der Waals surface area (Å²) in [5, 5.41) is 9.01. The second kappa shape index (κ2) is 6.86. The quantitative estimate of drug-likeness (QED) is 0.888. The van der Waals surface area contributed by atoms with Gasteiger partial charge in [0.05, 0.1) is 5.01 Å². The minimum absolute atomic E-state index is 0.0907. The monoisotopic (exact) mass is 283 g/mol. The second-order valence-corrected chi connectivity index (χ2v) is 5.86. The minimum Gasteiger partial charge on any atom is -0.381 e. The number of nitrogens with zero attached hydrogens (tertiary/aromatic N) is 1. The topological polar surface area (TPSA) is 63.2 Å². The van der Waals surface area contributed by atoms with Crippen molar-refractivity contribution >= 4 is 17.4 Å². The molecule has 0 bridgehead atoms. The Kier molecular flexibility index (Phi) is 5.15. The number of amides is 2. The van der Waals surface area contributed by atoms with Gasteiger partial charge in [-0.1, -0.05) is 6.92 Å². The van der Waals surface area contributed by atoms with Crippen LogP contribution in [0.3, 0.4) is 0 Å². The smallest absolute Gasteiger partial charge is 0.315 e. The largest absolute Gasteiger partial charge is 0.381 e. The van der Waals surface area contributed by atoms with Crippen LogP contribution >= 0.6 is 11.3 Å². The maximum absolute atomic E-state index is 11.8. The van der Waals surface area contributed by atoms with Gasteiger partial charge in [0.25, 0.3) is 0 Å². The Morgan fingerprint density at radius 1 is 1.58 bits per heavy atom. The first-order valence-corrected chi connectivity index (χ1v) is 7.57. The molecule has 2 N–H and O–H groups in total. The fraction of sp³-hybridized carbons (Fsp3) is 0.692. The van der Waals surface area contributed by atoms with Gasteiger partial charge in [-0.3, -0.25) is 0 Å². The van der Waals surface area contributed by atoms with E-state index in [9.17, 15) is 4.79 Å². The van der Waals surface area contributed by atoms with Crippen LogP contribution in [0.15, 0.2) is 5.38 Å². The number of rotatable bonds is 4. The summed E-state index contributed by atoms with van der Waals surface area (Å²) in [4.78, 5) is 16.2. The molecule has 106 valence electrons. The average Bonchev–Trinajstić information content (AvgIpc) is 2.84. The van der Waals surface area contributed by atoms with Crippen LogP contribution in [0.1, 0.15) is 36.4 Å². The van der Waals surface area contributed by atoms with E-state index in [0.717, 1.165) is 36.8 Å². The first-order valence-electron chi connectivity index (χ1n) is 6.69. The number of carbonyl (C=O) groups excluding carboxylic acids is 1. The summed E-state index contributed by atoms with van der Waals surface area (Å²) in [5.41, 5.74) is 1.04. The van der Waals surface area contributed by atoms with Gasteiger partial charge in [-0.15, -0.1) is 11.3 Å². The van der Waals surface area contributed by atoms with Crippen molar-refractivity contribution in [3.05, 3.63) is 16.1 Å². The highest BCUT2D eigenvalue weighted by Crippen LogP contribution is 2.18. The van der Waals surface area contributed by atoms with Crippen LogP contribution in [0, 0.1) is 6.92 Å². The number of thiazole rings is 1. The van der Waals surface area contributed by atoms with Gasteiger partial charge < -0.3 is 15.4 Å². The lowest BCUT2D eigenvalue weighted by Gasteiger charge is -2.23. The molecule has 19 heavy (non-hydrogen) atoms. The fourth-order valence-corrected chi connectivity index (χ4v) is 2.87. The Bertz CT molecular complexity index is 416. The van der Waals surface area contributed by atoms with Crippen LogP contribution in [-0.2, 0) is 4.74 Å². The van der Waals surface area contributed by atoms with E-state index in [-0.39, 0.29) is 18.0 Å². The first-order chi connectivity index (χ1) is 9.15. The standard InChI is InChI=1S/C13H21N3O2S/c1-9(12-15-10(2)8-19-12)7-14-13(17)16-11-3-5-18-6-4-11/h8-9,11H,3-7H2,1-2H3,(H2,14,16,17)/t9-/m1/s1. The molecule has 0 aromatic carbocycles. The Hall–Kier alpha value is -1.14. The van der Waals surface area contributed by atoms with Crippen LogP contribution in [0.4, 0.5) is 4.79 Å². The van der Waals surface area contributed by atoms with Crippen LogP contribution in [0.5, 0.6) is 0 Å². The average molecular weight is 283 g/mol. The molecular weight excluding hydrogens is 262 g/mol. The molecular formula is C13H21N3O2S. The first kappa shape index (κ1) is 14.3. The van der Waals surface area contributed by atoms with Crippen LogP contribution in [0.2, 0.25) is 0 Å². The molecule has 0 unspecified atom stereocenters. The Morgan fingerprint density at radius 2 is 2.32 bits per heavy atom. The number of aromatic nitrogens is 1. The van der Waals surface area contributed by atoms with Crippen molar-refractivity contribution in [3.63, 3.8) is 0 Å². The van der Waals surface area contributed by atoms with Gasteiger partial charge in [0.1, 0.15) is 0 Å². The maximum atomic E-state index is 11.8. The summed E-state index contributed by atoms with van der Waals surface area (Å²) in [7, 11) is 0. The number of urea groups is 1. The van der Waals surface area contributed by atoms with E-state index in [1.807, 2.05) is 12.3 Å². The molecule has 0 spiro atoms. The molecule has 1 saturated heterocycles. The van der Waals surface area contributed by atoms with Crippen molar-refractivity contribution in [2.24, 2.45) is 0 Å². The number of carbonyl (C=O) groups is 1. The van der Waals surface area contributed by atoms with Crippen molar-refractivity contribution in [3.8, 4) is 0 Å². The van der Waals surface area contributed by atoms with Crippen molar-refractivity contribution in [1.29, 1.82) is 0 Å². The van der Waals surface area contributed by atoms with E-state index in [1.165, 1.54) is 0 Å². The summed E-state index contributed by atoms with van der Waals surface area (Å²) >= 11 is 1.65. The number of hydrogen-bond acceptors (Lipinski definition) is 4. The molecule has 1 aliphatic rings. The molecule has 6 heteroatoms. The van der Waals surface area contributed by atoms with Gasteiger partial charge >= 0.3 is 6.03 Å². The molecule has 2 heterocycles. The summed E-state index contributed by atoms with van der Waals surface area (Å²) in [6, 6.07) is 0.151. The number of aryl methyl sites for hydroxylation is 1. The highest BCUT2D eigenvalue weighted by molar-refractivity contribution is 7.09. The molecule has 0 saturated carbocycles. The molecule has 1 fully saturated rings. The number of hydrogen-bond donors (Lipinski definition) is 2. The van der Waals surface area contributed by atoms with Gasteiger partial charge in [0.2, 0.25) is 0 Å². The molecule has 0 radical (unpaired) electrons. The summed E-state index contributed by atoms with van der Waals surface area (Å²) in [6.45, 7) is 6.15. The van der Waals surface area contributed by atoms with E-state index in [0.29, 0.717) is 6.54 Å². The van der Waals surface area contributed by atoms with Crippen LogP contribution < -0.4 is 10.6 Å². The third kappa shape index (κ3) is 4.47. The Balaban J connectivity index is 1.70. The van der Waals surface area contributed by atoms with Gasteiger partial charge in [0.15, 0.2) is 0 Å². The Morgan fingerprint density at radius 3 is 2.95 bits per heavy atom. The van der Waals surface area contributed by atoms with E-state index < -0.39 is 0 Å². The van der Waals surface area contributed by atoms with Crippen LogP contribution in [-0.4, -0.2) is 36.8 Å². The van der Waals surface area contributed by atoms with Crippen molar-refractivity contribution in [2.75, 3.05) is 19.8 Å². The molecule has 0 aliphatic carbocycles. The molecule has 1 aliphatic heterocycles. The third-order valence-electron chi connectivity index (χ3n) is 3.18. The zero-order chi connectivity index (χ0) is 13.7. The minimum atomic E-state index is -0.0907. The predicted molar refractivity (Wildman–Crippen MR) is 75.6 cm³/mol. The summed E-state index contributed by atoms with van der Waals surface area (Å²) in [5.74, 6) is 0.249. The molecule has 2 amide bonds. The lowest BCUT2D eigenvalue weighted by Crippen LogP contribution is -2.45. The van der Waals surface area contributed by atoms with Gasteiger partial charge in [-0.05, 0) is 19.8 Å². The van der Waals surface area contributed by atoms with Gasteiger partial charge in [-0.25, -0.2) is 9.78 Å². The molecule has 1 aromatic heterocycles. The summed E-state index contributed by atoms with van der Waals surface area (Å²) < 4.78 is 5.26. The van der Waals surface area contributed by atoms with Crippen molar-refractivity contribution in [1.82, 2.24) is 15.6 Å². The second-order valence-electron chi connectivity index (χ2n) is 4.97.